The Kier molecular flexibility index (Phi) is 8.73. The summed E-state index contributed by atoms with van der Waals surface area (Å²) in [5.41, 5.74) is 2.12. The number of likely N-dealkylation sites (tertiary alicyclic amines) is 1. The number of benzene rings is 3. The van der Waals surface area contributed by atoms with E-state index in [4.69, 9.17) is 9.47 Å². The second-order valence-electron chi connectivity index (χ2n) is 10.0. The summed E-state index contributed by atoms with van der Waals surface area (Å²) in [7, 11) is 1.58. The van der Waals surface area contributed by atoms with Crippen LogP contribution >= 0.6 is 0 Å². The standard InChI is InChI=1S/C32H35NO5/c1-23(34)32(2)22-33(31(36)28(35)19-25-13-8-5-9-14-25)21-27(32)26-16-17-29(37-3)30(20-26)38-18-10-15-24-11-6-4-7-12-24/h4-9,11-14,16-17,20,23,27-28,34-35H,18-19,21-22H2,1-3H3. The van der Waals surface area contributed by atoms with Gasteiger partial charge in [-0.1, -0.05) is 73.4 Å². The van der Waals surface area contributed by atoms with Crippen LogP contribution in [0.25, 0.3) is 0 Å². The zero-order valence-corrected chi connectivity index (χ0v) is 22.1. The van der Waals surface area contributed by atoms with E-state index in [1.165, 1.54) is 0 Å². The first kappa shape index (κ1) is 27.3. The van der Waals surface area contributed by atoms with E-state index in [1.807, 2.05) is 85.8 Å². The van der Waals surface area contributed by atoms with Gasteiger partial charge in [-0.3, -0.25) is 4.79 Å². The van der Waals surface area contributed by atoms with Crippen LogP contribution in [0.2, 0.25) is 0 Å². The predicted octanol–water partition coefficient (Wildman–Crippen LogP) is 4.04. The minimum atomic E-state index is -1.15. The number of aliphatic hydroxyl groups excluding tert-OH is 2. The van der Waals surface area contributed by atoms with E-state index >= 15 is 0 Å². The van der Waals surface area contributed by atoms with E-state index in [0.29, 0.717) is 24.6 Å². The summed E-state index contributed by atoms with van der Waals surface area (Å²) < 4.78 is 11.5. The van der Waals surface area contributed by atoms with Crippen molar-refractivity contribution in [1.29, 1.82) is 0 Å². The van der Waals surface area contributed by atoms with Crippen molar-refractivity contribution in [2.24, 2.45) is 5.41 Å². The Morgan fingerprint density at radius 1 is 1.05 bits per heavy atom. The fourth-order valence-corrected chi connectivity index (χ4v) is 5.02. The Hall–Kier alpha value is -3.79. The third-order valence-corrected chi connectivity index (χ3v) is 7.45. The Labute approximate surface area is 224 Å². The molecule has 6 heteroatoms. The maximum absolute atomic E-state index is 13.2. The molecule has 0 saturated carbocycles. The largest absolute Gasteiger partial charge is 0.493 e. The van der Waals surface area contributed by atoms with E-state index < -0.39 is 17.6 Å². The quantitative estimate of drug-likeness (QED) is 0.445. The molecule has 0 aromatic heterocycles. The van der Waals surface area contributed by atoms with Gasteiger partial charge in [0.2, 0.25) is 0 Å². The SMILES string of the molecule is COc1ccc(C2CN(C(=O)C(O)Cc3ccccc3)CC2(C)C(C)O)cc1OCC#Cc1ccccc1. The van der Waals surface area contributed by atoms with Crippen molar-refractivity contribution in [1.82, 2.24) is 4.90 Å². The maximum Gasteiger partial charge on any atom is 0.251 e. The molecule has 4 rings (SSSR count). The first-order valence-electron chi connectivity index (χ1n) is 12.9. The minimum Gasteiger partial charge on any atom is -0.493 e. The Balaban J connectivity index is 1.52. The van der Waals surface area contributed by atoms with Crippen molar-refractivity contribution in [3.05, 3.63) is 95.6 Å². The molecule has 1 saturated heterocycles. The second-order valence-corrected chi connectivity index (χ2v) is 10.0. The monoisotopic (exact) mass is 513 g/mol. The molecule has 2 N–H and O–H groups in total. The highest BCUT2D eigenvalue weighted by molar-refractivity contribution is 5.81. The van der Waals surface area contributed by atoms with Crippen LogP contribution in [0, 0.1) is 17.3 Å². The van der Waals surface area contributed by atoms with Crippen molar-refractivity contribution < 1.29 is 24.5 Å². The number of carbonyl (C=O) groups excluding carboxylic acids is 1. The predicted molar refractivity (Wildman–Crippen MR) is 147 cm³/mol. The molecule has 1 heterocycles. The number of methoxy groups -OCH3 is 1. The lowest BCUT2D eigenvalue weighted by molar-refractivity contribution is -0.139. The lowest BCUT2D eigenvalue weighted by Gasteiger charge is -2.34. The summed E-state index contributed by atoms with van der Waals surface area (Å²) in [4.78, 5) is 14.9. The van der Waals surface area contributed by atoms with Crippen LogP contribution in [-0.4, -0.2) is 60.0 Å². The molecule has 0 bridgehead atoms. The number of carbonyl (C=O) groups is 1. The highest BCUT2D eigenvalue weighted by Crippen LogP contribution is 2.47. The first-order chi connectivity index (χ1) is 18.3. The van der Waals surface area contributed by atoms with E-state index in [0.717, 1.165) is 16.7 Å². The van der Waals surface area contributed by atoms with Crippen LogP contribution in [0.4, 0.5) is 0 Å². The third-order valence-electron chi connectivity index (χ3n) is 7.45. The smallest absolute Gasteiger partial charge is 0.251 e. The van der Waals surface area contributed by atoms with Crippen molar-refractivity contribution in [3.8, 4) is 23.3 Å². The molecule has 4 atom stereocenters. The van der Waals surface area contributed by atoms with E-state index in [2.05, 4.69) is 11.8 Å². The summed E-state index contributed by atoms with van der Waals surface area (Å²) in [6.07, 6.45) is -1.58. The molecule has 1 aliphatic rings. The summed E-state index contributed by atoms with van der Waals surface area (Å²) in [6, 6.07) is 24.9. The summed E-state index contributed by atoms with van der Waals surface area (Å²) in [5, 5.41) is 21.5. The van der Waals surface area contributed by atoms with Crippen molar-refractivity contribution >= 4 is 5.91 Å². The average molecular weight is 514 g/mol. The molecule has 1 aliphatic heterocycles. The van der Waals surface area contributed by atoms with Gasteiger partial charge in [-0.25, -0.2) is 0 Å². The number of amides is 1. The molecule has 3 aromatic carbocycles. The summed E-state index contributed by atoms with van der Waals surface area (Å²) in [6.45, 7) is 4.64. The molecular weight excluding hydrogens is 478 g/mol. The highest BCUT2D eigenvalue weighted by Gasteiger charge is 2.49. The van der Waals surface area contributed by atoms with Crippen molar-refractivity contribution in [2.45, 2.75) is 38.4 Å². The van der Waals surface area contributed by atoms with Crippen molar-refractivity contribution in [3.63, 3.8) is 0 Å². The lowest BCUT2D eigenvalue weighted by atomic mass is 9.72. The fourth-order valence-electron chi connectivity index (χ4n) is 5.02. The van der Waals surface area contributed by atoms with E-state index in [9.17, 15) is 15.0 Å². The van der Waals surface area contributed by atoms with Gasteiger partial charge in [0, 0.05) is 36.4 Å². The van der Waals surface area contributed by atoms with Crippen LogP contribution in [0.1, 0.15) is 36.5 Å². The van der Waals surface area contributed by atoms with Gasteiger partial charge in [0.1, 0.15) is 12.7 Å². The van der Waals surface area contributed by atoms with Crippen LogP contribution in [0.5, 0.6) is 11.5 Å². The Morgan fingerprint density at radius 2 is 1.74 bits per heavy atom. The normalized spacial score (nSPS) is 20.2. The molecule has 0 aliphatic carbocycles. The molecule has 198 valence electrons. The number of ether oxygens (including phenoxy) is 2. The third kappa shape index (κ3) is 6.19. The van der Waals surface area contributed by atoms with Crippen LogP contribution in [-0.2, 0) is 11.2 Å². The Morgan fingerprint density at radius 3 is 2.39 bits per heavy atom. The first-order valence-corrected chi connectivity index (χ1v) is 12.9. The van der Waals surface area contributed by atoms with Crippen LogP contribution in [0.3, 0.4) is 0 Å². The zero-order valence-electron chi connectivity index (χ0n) is 22.1. The second kappa shape index (κ2) is 12.2. The molecule has 4 unspecified atom stereocenters. The Bertz CT molecular complexity index is 1280. The number of hydrogen-bond donors (Lipinski definition) is 2. The molecule has 38 heavy (non-hydrogen) atoms. The van der Waals surface area contributed by atoms with Gasteiger partial charge in [-0.05, 0) is 42.3 Å². The molecule has 0 radical (unpaired) electrons. The van der Waals surface area contributed by atoms with Crippen LogP contribution < -0.4 is 9.47 Å². The van der Waals surface area contributed by atoms with Crippen molar-refractivity contribution in [2.75, 3.05) is 26.8 Å². The van der Waals surface area contributed by atoms with Gasteiger partial charge in [-0.2, -0.15) is 0 Å². The van der Waals surface area contributed by atoms with E-state index in [1.54, 1.807) is 18.9 Å². The highest BCUT2D eigenvalue weighted by atomic mass is 16.5. The molecule has 0 spiro atoms. The van der Waals surface area contributed by atoms with Crippen LogP contribution in [0.15, 0.2) is 78.9 Å². The fraction of sp³-hybridized carbons (Fsp3) is 0.344. The molecule has 6 nitrogen and oxygen atoms in total. The van der Waals surface area contributed by atoms with E-state index in [-0.39, 0.29) is 24.9 Å². The number of nitrogens with zero attached hydrogens (tertiary/aromatic N) is 1. The number of hydrogen-bond acceptors (Lipinski definition) is 5. The molecular formula is C32H35NO5. The lowest BCUT2D eigenvalue weighted by Crippen LogP contribution is -2.41. The van der Waals surface area contributed by atoms with Gasteiger partial charge >= 0.3 is 0 Å². The molecule has 1 amide bonds. The minimum absolute atomic E-state index is 0.168. The zero-order chi connectivity index (χ0) is 27.1. The van der Waals surface area contributed by atoms with Gasteiger partial charge in [0.05, 0.1) is 13.2 Å². The van der Waals surface area contributed by atoms with Gasteiger partial charge in [0.15, 0.2) is 11.5 Å². The van der Waals surface area contributed by atoms with Gasteiger partial charge in [-0.15, -0.1) is 0 Å². The number of aliphatic hydroxyl groups is 2. The number of rotatable bonds is 8. The average Bonchev–Trinajstić information content (AvgIpc) is 3.30. The van der Waals surface area contributed by atoms with Gasteiger partial charge < -0.3 is 24.6 Å². The maximum atomic E-state index is 13.2. The topological polar surface area (TPSA) is 79.2 Å². The summed E-state index contributed by atoms with van der Waals surface area (Å²) in [5.74, 6) is 6.75. The molecule has 3 aromatic rings. The van der Waals surface area contributed by atoms with Gasteiger partial charge in [0.25, 0.3) is 5.91 Å². The molecule has 1 fully saturated rings. The summed E-state index contributed by atoms with van der Waals surface area (Å²) >= 11 is 0.